The fourth-order valence-electron chi connectivity index (χ4n) is 3.18. The Balaban J connectivity index is 2.01. The number of hydroxylamine groups is 1. The summed E-state index contributed by atoms with van der Waals surface area (Å²) in [5, 5.41) is 9.42. The van der Waals surface area contributed by atoms with Crippen molar-refractivity contribution in [3.8, 4) is 0 Å². The van der Waals surface area contributed by atoms with Crippen molar-refractivity contribution in [3.63, 3.8) is 0 Å². The third kappa shape index (κ3) is 3.12. The maximum Gasteiger partial charge on any atom is 0.246 e. The topological polar surface area (TPSA) is 66.6 Å². The van der Waals surface area contributed by atoms with Gasteiger partial charge in [0.15, 0.2) is 5.69 Å². The number of nitrogens with one attached hydrogen (secondary N) is 1. The molecular formula is C18H16ClN3O2. The van der Waals surface area contributed by atoms with Crippen LogP contribution < -0.4 is 5.48 Å². The Hall–Kier alpha value is -2.42. The van der Waals surface area contributed by atoms with Crippen LogP contribution in [0.5, 0.6) is 0 Å². The second-order valence-electron chi connectivity index (χ2n) is 5.89. The zero-order valence-corrected chi connectivity index (χ0v) is 13.7. The van der Waals surface area contributed by atoms with Crippen molar-refractivity contribution < 1.29 is 10.0 Å². The smallest absolute Gasteiger partial charge is 0.246 e. The van der Waals surface area contributed by atoms with Gasteiger partial charge in [-0.1, -0.05) is 23.2 Å². The molecule has 2 aromatic rings. The summed E-state index contributed by atoms with van der Waals surface area (Å²) in [6, 6.07) is 5.68. The molecule has 0 saturated heterocycles. The van der Waals surface area contributed by atoms with Gasteiger partial charge in [0.2, 0.25) is 5.91 Å². The van der Waals surface area contributed by atoms with Gasteiger partial charge >= 0.3 is 0 Å². The summed E-state index contributed by atoms with van der Waals surface area (Å²) >= 11 is 6.62. The van der Waals surface area contributed by atoms with Crippen molar-refractivity contribution in [1.29, 1.82) is 0 Å². The van der Waals surface area contributed by atoms with Crippen molar-refractivity contribution in [3.05, 3.63) is 69.3 Å². The van der Waals surface area contributed by atoms with Gasteiger partial charge in [0.1, 0.15) is 0 Å². The van der Waals surface area contributed by atoms with Crippen LogP contribution in [0.4, 0.5) is 5.69 Å². The molecule has 3 rings (SSSR count). The van der Waals surface area contributed by atoms with E-state index < -0.39 is 0 Å². The number of aryl methyl sites for hydroxylation is 1. The first-order valence-corrected chi connectivity index (χ1v) is 8.05. The van der Waals surface area contributed by atoms with Crippen LogP contribution in [0.1, 0.15) is 28.7 Å². The molecule has 1 aliphatic rings. The zero-order chi connectivity index (χ0) is 17.1. The summed E-state index contributed by atoms with van der Waals surface area (Å²) in [6.07, 6.45) is 5.75. The van der Waals surface area contributed by atoms with Gasteiger partial charge in [-0.2, -0.15) is 0 Å². The van der Waals surface area contributed by atoms with Crippen molar-refractivity contribution >= 4 is 23.2 Å². The molecule has 0 aliphatic heterocycles. The molecule has 6 heteroatoms. The van der Waals surface area contributed by atoms with Crippen LogP contribution in [-0.2, 0) is 24.1 Å². The fraction of sp³-hybridized carbons (Fsp3) is 0.278. The minimum Gasteiger partial charge on any atom is -0.289 e. The van der Waals surface area contributed by atoms with E-state index in [1.165, 1.54) is 0 Å². The Morgan fingerprint density at radius 2 is 2.21 bits per heavy atom. The maximum atomic E-state index is 11.7. The van der Waals surface area contributed by atoms with Gasteiger partial charge in [-0.15, -0.1) is 0 Å². The molecule has 0 fully saturated rings. The lowest BCUT2D eigenvalue weighted by Crippen LogP contribution is -2.32. The number of carbonyl (C=O) groups excluding carboxylic acids is 1. The van der Waals surface area contributed by atoms with Gasteiger partial charge in [0.25, 0.3) is 0 Å². The van der Waals surface area contributed by atoms with E-state index in [4.69, 9.17) is 23.4 Å². The molecule has 1 aromatic carbocycles. The number of pyridine rings is 1. The number of halogens is 1. The molecule has 1 aliphatic carbocycles. The first-order valence-electron chi connectivity index (χ1n) is 7.67. The Bertz CT molecular complexity index is 815. The molecule has 5 nitrogen and oxygen atoms in total. The van der Waals surface area contributed by atoms with Crippen LogP contribution in [0, 0.1) is 12.5 Å². The Morgan fingerprint density at radius 3 is 2.88 bits per heavy atom. The maximum absolute atomic E-state index is 11.7. The molecule has 1 heterocycles. The Morgan fingerprint density at radius 1 is 1.46 bits per heavy atom. The molecule has 0 saturated carbocycles. The predicted octanol–water partition coefficient (Wildman–Crippen LogP) is 3.49. The van der Waals surface area contributed by atoms with E-state index in [0.717, 1.165) is 22.3 Å². The Labute approximate surface area is 145 Å². The summed E-state index contributed by atoms with van der Waals surface area (Å²) in [7, 11) is 0. The van der Waals surface area contributed by atoms with Gasteiger partial charge in [0.05, 0.1) is 6.57 Å². The fourth-order valence-corrected chi connectivity index (χ4v) is 3.55. The first-order chi connectivity index (χ1) is 11.6. The largest absolute Gasteiger partial charge is 0.289 e. The second-order valence-corrected chi connectivity index (χ2v) is 6.26. The van der Waals surface area contributed by atoms with Crippen LogP contribution in [0.15, 0.2) is 30.6 Å². The highest BCUT2D eigenvalue weighted by molar-refractivity contribution is 6.32. The SMILES string of the molecule is [C-]#[N+]c1cc2c(c(Cl)c1Cc1ccncc1)CC(C(=O)NO)CC2. The highest BCUT2D eigenvalue weighted by atomic mass is 35.5. The number of amides is 1. The van der Waals surface area contributed by atoms with Crippen LogP contribution in [0.25, 0.3) is 4.85 Å². The van der Waals surface area contributed by atoms with Crippen molar-refractivity contribution in [2.24, 2.45) is 5.92 Å². The standard InChI is InChI=1S/C18H16ClN3O2/c1-20-16-10-12-2-3-13(18(23)22-24)9-14(12)17(19)15(16)8-11-4-6-21-7-5-11/h4-7,10,13,24H,2-3,8-9H2,(H,22,23). The molecule has 0 bridgehead atoms. The van der Waals surface area contributed by atoms with E-state index in [2.05, 4.69) is 9.83 Å². The lowest BCUT2D eigenvalue weighted by atomic mass is 9.81. The number of rotatable bonds is 3. The minimum absolute atomic E-state index is 0.299. The molecule has 1 aromatic heterocycles. The quantitative estimate of drug-likeness (QED) is 0.510. The summed E-state index contributed by atoms with van der Waals surface area (Å²) in [5.74, 6) is -0.686. The number of hydrogen-bond donors (Lipinski definition) is 2. The summed E-state index contributed by atoms with van der Waals surface area (Å²) in [5.41, 5.74) is 6.02. The molecule has 0 spiro atoms. The van der Waals surface area contributed by atoms with Gasteiger partial charge in [-0.3, -0.25) is 15.0 Å². The molecule has 0 radical (unpaired) electrons. The van der Waals surface area contributed by atoms with E-state index in [1.807, 2.05) is 18.2 Å². The summed E-state index contributed by atoms with van der Waals surface area (Å²) < 4.78 is 0. The van der Waals surface area contributed by atoms with Crippen LogP contribution in [-0.4, -0.2) is 16.1 Å². The molecule has 122 valence electrons. The third-order valence-electron chi connectivity index (χ3n) is 4.48. The number of carbonyl (C=O) groups is 1. The lowest BCUT2D eigenvalue weighted by Gasteiger charge is -2.26. The molecule has 1 unspecified atom stereocenters. The second kappa shape index (κ2) is 7.00. The molecule has 24 heavy (non-hydrogen) atoms. The third-order valence-corrected chi connectivity index (χ3v) is 4.94. The summed E-state index contributed by atoms with van der Waals surface area (Å²) in [6.45, 7) is 7.46. The summed E-state index contributed by atoms with van der Waals surface area (Å²) in [4.78, 5) is 19.4. The van der Waals surface area contributed by atoms with E-state index in [1.54, 1.807) is 17.9 Å². The average Bonchev–Trinajstić information content (AvgIpc) is 2.63. The van der Waals surface area contributed by atoms with Crippen LogP contribution in [0.2, 0.25) is 5.02 Å². The zero-order valence-electron chi connectivity index (χ0n) is 12.9. The van der Waals surface area contributed by atoms with Crippen LogP contribution in [0.3, 0.4) is 0 Å². The molecule has 2 N–H and O–H groups in total. The Kier molecular flexibility index (Phi) is 4.79. The minimum atomic E-state index is -0.387. The van der Waals surface area contributed by atoms with E-state index in [0.29, 0.717) is 36.4 Å². The van der Waals surface area contributed by atoms with E-state index >= 15 is 0 Å². The number of benzene rings is 1. The normalized spacial score (nSPS) is 16.1. The lowest BCUT2D eigenvalue weighted by molar-refractivity contribution is -0.133. The van der Waals surface area contributed by atoms with Crippen molar-refractivity contribution in [2.75, 3.05) is 0 Å². The van der Waals surface area contributed by atoms with Crippen molar-refractivity contribution in [1.82, 2.24) is 10.5 Å². The highest BCUT2D eigenvalue weighted by Gasteiger charge is 2.28. The molecule has 1 amide bonds. The van der Waals surface area contributed by atoms with Gasteiger partial charge in [0, 0.05) is 23.3 Å². The molecular weight excluding hydrogens is 326 g/mol. The monoisotopic (exact) mass is 341 g/mol. The number of hydrogen-bond acceptors (Lipinski definition) is 3. The molecule has 1 atom stereocenters. The van der Waals surface area contributed by atoms with Gasteiger partial charge in [-0.05, 0) is 54.5 Å². The van der Waals surface area contributed by atoms with E-state index in [9.17, 15) is 4.79 Å². The number of nitrogens with zero attached hydrogens (tertiary/aromatic N) is 2. The first kappa shape index (κ1) is 16.4. The van der Waals surface area contributed by atoms with E-state index in [-0.39, 0.29) is 11.8 Å². The number of aromatic nitrogens is 1. The van der Waals surface area contributed by atoms with Gasteiger partial charge in [-0.25, -0.2) is 10.3 Å². The number of fused-ring (bicyclic) bond motifs is 1. The highest BCUT2D eigenvalue weighted by Crippen LogP contribution is 2.39. The van der Waals surface area contributed by atoms with Crippen molar-refractivity contribution in [2.45, 2.75) is 25.7 Å². The van der Waals surface area contributed by atoms with Gasteiger partial charge < -0.3 is 0 Å². The predicted molar refractivity (Wildman–Crippen MR) is 90.2 cm³/mol. The average molecular weight is 342 g/mol. The van der Waals surface area contributed by atoms with Crippen LogP contribution >= 0.6 is 11.6 Å².